The summed E-state index contributed by atoms with van der Waals surface area (Å²) >= 11 is 0. The van der Waals surface area contributed by atoms with E-state index in [9.17, 15) is 18.0 Å². The highest BCUT2D eigenvalue weighted by molar-refractivity contribution is 7.88. The summed E-state index contributed by atoms with van der Waals surface area (Å²) in [4.78, 5) is 31.6. The lowest BCUT2D eigenvalue weighted by molar-refractivity contribution is -0.135. The lowest BCUT2D eigenvalue weighted by Crippen LogP contribution is -2.41. The number of rotatable bonds is 3. The van der Waals surface area contributed by atoms with Crippen LogP contribution in [-0.2, 0) is 27.8 Å². The molecule has 1 N–H and O–H groups in total. The van der Waals surface area contributed by atoms with E-state index < -0.39 is 10.0 Å². The maximum atomic E-state index is 12.9. The molecule has 0 saturated carbocycles. The first-order valence-corrected chi connectivity index (χ1v) is 11.4. The molecule has 10 heteroatoms. The number of aromatic amines is 1. The Morgan fingerprint density at radius 3 is 2.75 bits per heavy atom. The van der Waals surface area contributed by atoms with Crippen molar-refractivity contribution in [2.75, 3.05) is 19.3 Å². The second-order valence-electron chi connectivity index (χ2n) is 7.94. The van der Waals surface area contributed by atoms with Crippen LogP contribution in [0, 0.1) is 5.92 Å². The molecule has 2 aromatic heterocycles. The molecule has 4 rings (SSSR count). The van der Waals surface area contributed by atoms with E-state index in [4.69, 9.17) is 0 Å². The Balaban J connectivity index is 1.73. The SMILES string of the molecule is CC(C)C(=O)N1CCc2c(nc3cc([C@H]4CCCN4S(C)(=O)=O)[nH]n3c2=O)C1. The Morgan fingerprint density at radius 1 is 1.32 bits per heavy atom. The van der Waals surface area contributed by atoms with Crippen molar-refractivity contribution in [1.82, 2.24) is 23.8 Å². The van der Waals surface area contributed by atoms with Gasteiger partial charge in [0, 0.05) is 30.6 Å². The van der Waals surface area contributed by atoms with E-state index in [1.807, 2.05) is 13.8 Å². The van der Waals surface area contributed by atoms with Crippen LogP contribution in [0.2, 0.25) is 0 Å². The topological polar surface area (TPSA) is 108 Å². The summed E-state index contributed by atoms with van der Waals surface area (Å²) in [6, 6.07) is 1.44. The smallest absolute Gasteiger partial charge is 0.276 e. The van der Waals surface area contributed by atoms with Crippen LogP contribution in [0.3, 0.4) is 0 Å². The summed E-state index contributed by atoms with van der Waals surface area (Å²) in [6.45, 7) is 5.03. The number of hydrogen-bond acceptors (Lipinski definition) is 5. The summed E-state index contributed by atoms with van der Waals surface area (Å²) < 4.78 is 27.0. The van der Waals surface area contributed by atoms with Crippen LogP contribution in [0.15, 0.2) is 10.9 Å². The first-order chi connectivity index (χ1) is 13.2. The van der Waals surface area contributed by atoms with Crippen molar-refractivity contribution < 1.29 is 13.2 Å². The number of sulfonamides is 1. The van der Waals surface area contributed by atoms with Crippen molar-refractivity contribution in [1.29, 1.82) is 0 Å². The number of aromatic nitrogens is 3. The molecule has 152 valence electrons. The van der Waals surface area contributed by atoms with Crippen LogP contribution in [-0.4, -0.2) is 57.5 Å². The van der Waals surface area contributed by atoms with Gasteiger partial charge in [-0.3, -0.25) is 14.7 Å². The van der Waals surface area contributed by atoms with E-state index in [1.165, 1.54) is 15.1 Å². The van der Waals surface area contributed by atoms with Crippen LogP contribution in [0.1, 0.15) is 49.7 Å². The van der Waals surface area contributed by atoms with Gasteiger partial charge in [-0.15, -0.1) is 0 Å². The van der Waals surface area contributed by atoms with Crippen LogP contribution in [0.5, 0.6) is 0 Å². The minimum absolute atomic E-state index is 0.0529. The highest BCUT2D eigenvalue weighted by Gasteiger charge is 2.34. The number of nitrogens with zero attached hydrogens (tertiary/aromatic N) is 4. The van der Waals surface area contributed by atoms with E-state index in [-0.39, 0.29) is 23.4 Å². The molecule has 0 aliphatic carbocycles. The molecule has 9 nitrogen and oxygen atoms in total. The largest absolute Gasteiger partial charge is 0.336 e. The molecule has 0 bridgehead atoms. The van der Waals surface area contributed by atoms with Crippen LogP contribution < -0.4 is 5.56 Å². The van der Waals surface area contributed by atoms with Gasteiger partial charge < -0.3 is 4.90 Å². The molecule has 1 fully saturated rings. The molecule has 0 spiro atoms. The summed E-state index contributed by atoms with van der Waals surface area (Å²) in [6.07, 6.45) is 3.15. The third kappa shape index (κ3) is 3.14. The lowest BCUT2D eigenvalue weighted by atomic mass is 10.0. The van der Waals surface area contributed by atoms with Gasteiger partial charge in [0.05, 0.1) is 30.2 Å². The number of nitrogens with one attached hydrogen (secondary N) is 1. The van der Waals surface area contributed by atoms with Gasteiger partial charge in [-0.25, -0.2) is 17.9 Å². The molecule has 1 atom stereocenters. The Bertz CT molecular complexity index is 1100. The standard InChI is InChI=1S/C18H25N5O4S/c1-11(2)17(24)21-8-6-12-14(10-21)19-16-9-13(20-23(16)18(12)25)15-5-4-7-22(15)28(3,26)27/h9,11,15,20H,4-8,10H2,1-3H3/t15-/m1/s1. The number of H-pyrrole nitrogens is 1. The second kappa shape index (κ2) is 6.70. The van der Waals surface area contributed by atoms with E-state index in [0.717, 1.165) is 6.42 Å². The fraction of sp³-hybridized carbons (Fsp3) is 0.611. The molecule has 0 radical (unpaired) electrons. The van der Waals surface area contributed by atoms with E-state index in [2.05, 4.69) is 10.1 Å². The van der Waals surface area contributed by atoms with Gasteiger partial charge in [0.15, 0.2) is 5.65 Å². The van der Waals surface area contributed by atoms with Gasteiger partial charge >= 0.3 is 0 Å². The normalized spacial score (nSPS) is 20.9. The number of amides is 1. The molecule has 4 heterocycles. The Labute approximate surface area is 163 Å². The molecule has 28 heavy (non-hydrogen) atoms. The molecule has 2 aromatic rings. The van der Waals surface area contributed by atoms with E-state index in [0.29, 0.717) is 55.1 Å². The minimum Gasteiger partial charge on any atom is -0.336 e. The highest BCUT2D eigenvalue weighted by atomic mass is 32.2. The Kier molecular flexibility index (Phi) is 4.58. The molecule has 1 amide bonds. The molecular formula is C18H25N5O4S. The molecule has 1 saturated heterocycles. The van der Waals surface area contributed by atoms with Crippen molar-refractivity contribution in [3.8, 4) is 0 Å². The number of hydrogen-bond donors (Lipinski definition) is 1. The van der Waals surface area contributed by atoms with E-state index >= 15 is 0 Å². The van der Waals surface area contributed by atoms with Gasteiger partial charge in [-0.2, -0.15) is 4.31 Å². The molecule has 2 aliphatic heterocycles. The maximum absolute atomic E-state index is 12.9. The average molecular weight is 407 g/mol. The summed E-state index contributed by atoms with van der Waals surface area (Å²) in [5.41, 5.74) is 2.20. The zero-order valence-electron chi connectivity index (χ0n) is 16.3. The van der Waals surface area contributed by atoms with Crippen molar-refractivity contribution in [2.24, 2.45) is 5.92 Å². The Morgan fingerprint density at radius 2 is 2.07 bits per heavy atom. The second-order valence-corrected chi connectivity index (χ2v) is 9.88. The summed E-state index contributed by atoms with van der Waals surface area (Å²) in [5, 5.41) is 3.07. The van der Waals surface area contributed by atoms with Gasteiger partial charge in [0.25, 0.3) is 5.56 Å². The number of carbonyl (C=O) groups excluding carboxylic acids is 1. The van der Waals surface area contributed by atoms with Crippen molar-refractivity contribution >= 4 is 21.6 Å². The third-order valence-corrected chi connectivity index (χ3v) is 6.87. The molecule has 0 aromatic carbocycles. The molecule has 2 aliphatic rings. The zero-order chi connectivity index (χ0) is 20.2. The fourth-order valence-corrected chi connectivity index (χ4v) is 5.33. The predicted octanol–water partition coefficient (Wildman–Crippen LogP) is 0.660. The van der Waals surface area contributed by atoms with Gasteiger partial charge in [0.1, 0.15) is 0 Å². The summed E-state index contributed by atoms with van der Waals surface area (Å²) in [5.74, 6) is -0.0493. The predicted molar refractivity (Wildman–Crippen MR) is 103 cm³/mol. The lowest BCUT2D eigenvalue weighted by Gasteiger charge is -2.29. The van der Waals surface area contributed by atoms with Crippen molar-refractivity contribution in [3.63, 3.8) is 0 Å². The average Bonchev–Trinajstić information content (AvgIpc) is 3.27. The molecule has 0 unspecified atom stereocenters. The monoisotopic (exact) mass is 407 g/mol. The Hall–Kier alpha value is -2.20. The van der Waals surface area contributed by atoms with Crippen LogP contribution >= 0.6 is 0 Å². The maximum Gasteiger partial charge on any atom is 0.276 e. The quantitative estimate of drug-likeness (QED) is 0.804. The van der Waals surface area contributed by atoms with Crippen LogP contribution in [0.4, 0.5) is 0 Å². The first-order valence-electron chi connectivity index (χ1n) is 9.56. The van der Waals surface area contributed by atoms with Gasteiger partial charge in [-0.05, 0) is 19.3 Å². The van der Waals surface area contributed by atoms with Gasteiger partial charge in [-0.1, -0.05) is 13.8 Å². The van der Waals surface area contributed by atoms with E-state index in [1.54, 1.807) is 11.0 Å². The highest BCUT2D eigenvalue weighted by Crippen LogP contribution is 2.33. The third-order valence-electron chi connectivity index (χ3n) is 5.58. The molecular weight excluding hydrogens is 382 g/mol. The van der Waals surface area contributed by atoms with Crippen molar-refractivity contribution in [3.05, 3.63) is 33.4 Å². The van der Waals surface area contributed by atoms with Crippen molar-refractivity contribution in [2.45, 2.75) is 45.7 Å². The zero-order valence-corrected chi connectivity index (χ0v) is 17.1. The minimum atomic E-state index is -3.33. The van der Waals surface area contributed by atoms with Gasteiger partial charge in [0.2, 0.25) is 15.9 Å². The number of carbonyl (C=O) groups is 1. The van der Waals surface area contributed by atoms with Crippen LogP contribution in [0.25, 0.3) is 5.65 Å². The number of fused-ring (bicyclic) bond motifs is 2. The fourth-order valence-electron chi connectivity index (χ4n) is 4.18. The summed E-state index contributed by atoms with van der Waals surface area (Å²) in [7, 11) is -3.33. The first kappa shape index (κ1) is 19.1.